The average Bonchev–Trinajstić information content (AvgIpc) is 2.38. The van der Waals surface area contributed by atoms with E-state index in [4.69, 9.17) is 16.3 Å². The predicted molar refractivity (Wildman–Crippen MR) is 67.5 cm³/mol. The molecule has 0 saturated carbocycles. The normalized spacial score (nSPS) is 16.8. The summed E-state index contributed by atoms with van der Waals surface area (Å²) in [5, 5.41) is -0.437. The van der Waals surface area contributed by atoms with Gasteiger partial charge in [-0.2, -0.15) is 0 Å². The fraction of sp³-hybridized carbons (Fsp3) is 0.462. The Bertz CT molecular complexity index is 372. The van der Waals surface area contributed by atoms with Gasteiger partial charge in [-0.05, 0) is 48.7 Å². The van der Waals surface area contributed by atoms with Crippen LogP contribution in [0.2, 0.25) is 0 Å². The summed E-state index contributed by atoms with van der Waals surface area (Å²) in [6.07, 6.45) is 3.83. The SMILES string of the molecule is O=C(Cl)c1ccc(OCN2CCCCC2)cc1. The van der Waals surface area contributed by atoms with Gasteiger partial charge in [0.1, 0.15) is 12.5 Å². The Kier molecular flexibility index (Phi) is 4.40. The second kappa shape index (κ2) is 6.03. The number of benzene rings is 1. The first kappa shape index (κ1) is 12.4. The van der Waals surface area contributed by atoms with Crippen molar-refractivity contribution in [3.8, 4) is 5.75 Å². The van der Waals surface area contributed by atoms with Crippen molar-refractivity contribution in [2.75, 3.05) is 19.8 Å². The highest BCUT2D eigenvalue weighted by molar-refractivity contribution is 6.67. The van der Waals surface area contributed by atoms with Crippen LogP contribution in [0.25, 0.3) is 0 Å². The fourth-order valence-corrected chi connectivity index (χ4v) is 2.06. The molecule has 0 amide bonds. The van der Waals surface area contributed by atoms with Gasteiger partial charge in [-0.1, -0.05) is 6.42 Å². The molecule has 4 heteroatoms. The summed E-state index contributed by atoms with van der Waals surface area (Å²) in [4.78, 5) is 13.2. The molecule has 0 aliphatic carbocycles. The van der Waals surface area contributed by atoms with E-state index in [1.807, 2.05) is 0 Å². The van der Waals surface area contributed by atoms with E-state index in [1.54, 1.807) is 24.3 Å². The molecule has 1 aliphatic rings. The first-order valence-corrected chi connectivity index (χ1v) is 6.28. The molecule has 1 aromatic carbocycles. The highest BCUT2D eigenvalue weighted by atomic mass is 35.5. The van der Waals surface area contributed by atoms with E-state index >= 15 is 0 Å². The number of hydrogen-bond acceptors (Lipinski definition) is 3. The number of halogens is 1. The number of nitrogens with zero attached hydrogens (tertiary/aromatic N) is 1. The third-order valence-corrected chi connectivity index (χ3v) is 3.16. The molecular formula is C13H16ClNO2. The van der Waals surface area contributed by atoms with Gasteiger partial charge >= 0.3 is 0 Å². The van der Waals surface area contributed by atoms with Gasteiger partial charge in [0.2, 0.25) is 0 Å². The molecule has 1 aliphatic heterocycles. The lowest BCUT2D eigenvalue weighted by Gasteiger charge is -2.26. The maximum atomic E-state index is 10.9. The third-order valence-electron chi connectivity index (χ3n) is 2.94. The molecule has 0 aromatic heterocycles. The minimum absolute atomic E-state index is 0.437. The van der Waals surface area contributed by atoms with Crippen LogP contribution >= 0.6 is 11.6 Å². The van der Waals surface area contributed by atoms with Crippen molar-refractivity contribution < 1.29 is 9.53 Å². The molecule has 1 heterocycles. The zero-order chi connectivity index (χ0) is 12.1. The molecule has 17 heavy (non-hydrogen) atoms. The average molecular weight is 254 g/mol. The smallest absolute Gasteiger partial charge is 0.252 e. The standard InChI is InChI=1S/C13H16ClNO2/c14-13(16)11-4-6-12(7-5-11)17-10-15-8-2-1-3-9-15/h4-7H,1-3,8-10H2. The van der Waals surface area contributed by atoms with Crippen molar-refractivity contribution in [2.45, 2.75) is 19.3 Å². The van der Waals surface area contributed by atoms with Crippen LogP contribution in [-0.4, -0.2) is 30.0 Å². The van der Waals surface area contributed by atoms with Crippen molar-refractivity contribution in [3.05, 3.63) is 29.8 Å². The number of carbonyl (C=O) groups excluding carboxylic acids is 1. The monoisotopic (exact) mass is 253 g/mol. The first-order valence-electron chi connectivity index (χ1n) is 5.91. The van der Waals surface area contributed by atoms with E-state index in [2.05, 4.69) is 4.90 Å². The number of hydrogen-bond donors (Lipinski definition) is 0. The van der Waals surface area contributed by atoms with E-state index in [1.165, 1.54) is 19.3 Å². The highest BCUT2D eigenvalue weighted by Gasteiger charge is 2.10. The lowest BCUT2D eigenvalue weighted by atomic mass is 10.1. The summed E-state index contributed by atoms with van der Waals surface area (Å²) >= 11 is 5.37. The lowest BCUT2D eigenvalue weighted by Crippen LogP contribution is -2.33. The number of piperidine rings is 1. The summed E-state index contributed by atoms with van der Waals surface area (Å²) in [5.41, 5.74) is 0.497. The molecule has 1 aromatic rings. The Morgan fingerprint density at radius 2 is 1.82 bits per heavy atom. The molecule has 0 unspecified atom stereocenters. The molecular weight excluding hydrogens is 238 g/mol. The van der Waals surface area contributed by atoms with Crippen LogP contribution in [0.5, 0.6) is 5.75 Å². The third kappa shape index (κ3) is 3.72. The van der Waals surface area contributed by atoms with Gasteiger partial charge in [-0.25, -0.2) is 0 Å². The second-order valence-corrected chi connectivity index (χ2v) is 4.59. The van der Waals surface area contributed by atoms with Crippen LogP contribution in [0.1, 0.15) is 29.6 Å². The highest BCUT2D eigenvalue weighted by Crippen LogP contribution is 2.15. The van der Waals surface area contributed by atoms with Gasteiger partial charge in [-0.3, -0.25) is 9.69 Å². The van der Waals surface area contributed by atoms with Gasteiger partial charge in [-0.15, -0.1) is 0 Å². The van der Waals surface area contributed by atoms with E-state index < -0.39 is 5.24 Å². The number of likely N-dealkylation sites (tertiary alicyclic amines) is 1. The molecule has 0 radical (unpaired) electrons. The van der Waals surface area contributed by atoms with Crippen molar-refractivity contribution >= 4 is 16.8 Å². The summed E-state index contributed by atoms with van der Waals surface area (Å²) in [7, 11) is 0. The Labute approximate surface area is 106 Å². The number of rotatable bonds is 4. The first-order chi connectivity index (χ1) is 8.25. The van der Waals surface area contributed by atoms with E-state index in [0.29, 0.717) is 12.3 Å². The zero-order valence-corrected chi connectivity index (χ0v) is 10.4. The van der Waals surface area contributed by atoms with Crippen molar-refractivity contribution in [1.29, 1.82) is 0 Å². The number of ether oxygens (including phenoxy) is 1. The Hall–Kier alpha value is -1.06. The van der Waals surface area contributed by atoms with Gasteiger partial charge in [0.25, 0.3) is 5.24 Å². The van der Waals surface area contributed by atoms with E-state index in [0.717, 1.165) is 18.8 Å². The van der Waals surface area contributed by atoms with Crippen LogP contribution in [0, 0.1) is 0 Å². The molecule has 0 bridgehead atoms. The summed E-state index contributed by atoms with van der Waals surface area (Å²) < 4.78 is 5.65. The fourth-order valence-electron chi connectivity index (χ4n) is 1.94. The van der Waals surface area contributed by atoms with Gasteiger partial charge in [0.05, 0.1) is 0 Å². The molecule has 92 valence electrons. The summed E-state index contributed by atoms with van der Waals surface area (Å²) in [5.74, 6) is 0.775. The maximum absolute atomic E-state index is 10.9. The predicted octanol–water partition coefficient (Wildman–Crippen LogP) is 2.89. The van der Waals surface area contributed by atoms with Crippen LogP contribution in [0.3, 0.4) is 0 Å². The molecule has 1 fully saturated rings. The largest absolute Gasteiger partial charge is 0.478 e. The lowest BCUT2D eigenvalue weighted by molar-refractivity contribution is 0.106. The molecule has 2 rings (SSSR count). The van der Waals surface area contributed by atoms with Gasteiger partial charge in [0.15, 0.2) is 0 Å². The van der Waals surface area contributed by atoms with Gasteiger partial charge in [0, 0.05) is 18.7 Å². The quantitative estimate of drug-likeness (QED) is 0.773. The van der Waals surface area contributed by atoms with E-state index in [9.17, 15) is 4.79 Å². The van der Waals surface area contributed by atoms with Crippen LogP contribution < -0.4 is 4.74 Å². The molecule has 1 saturated heterocycles. The van der Waals surface area contributed by atoms with Crippen LogP contribution in [-0.2, 0) is 0 Å². The Morgan fingerprint density at radius 1 is 1.18 bits per heavy atom. The number of carbonyl (C=O) groups is 1. The minimum atomic E-state index is -0.437. The Morgan fingerprint density at radius 3 is 2.41 bits per heavy atom. The molecule has 3 nitrogen and oxygen atoms in total. The molecule has 0 spiro atoms. The van der Waals surface area contributed by atoms with Crippen molar-refractivity contribution in [2.24, 2.45) is 0 Å². The van der Waals surface area contributed by atoms with Crippen LogP contribution in [0.4, 0.5) is 0 Å². The zero-order valence-electron chi connectivity index (χ0n) is 9.69. The Balaban J connectivity index is 1.84. The topological polar surface area (TPSA) is 29.5 Å². The molecule has 0 atom stereocenters. The minimum Gasteiger partial charge on any atom is -0.478 e. The summed E-state index contributed by atoms with van der Waals surface area (Å²) in [6.45, 7) is 2.84. The van der Waals surface area contributed by atoms with Crippen molar-refractivity contribution in [1.82, 2.24) is 4.90 Å². The second-order valence-electron chi connectivity index (χ2n) is 4.25. The maximum Gasteiger partial charge on any atom is 0.252 e. The van der Waals surface area contributed by atoms with Crippen molar-refractivity contribution in [3.63, 3.8) is 0 Å². The van der Waals surface area contributed by atoms with E-state index in [-0.39, 0.29) is 0 Å². The molecule has 0 N–H and O–H groups in total. The van der Waals surface area contributed by atoms with Gasteiger partial charge < -0.3 is 4.74 Å². The van der Waals surface area contributed by atoms with Crippen LogP contribution in [0.15, 0.2) is 24.3 Å². The summed E-state index contributed by atoms with van der Waals surface area (Å²) in [6, 6.07) is 6.92.